The predicted octanol–water partition coefficient (Wildman–Crippen LogP) is 6.64. The van der Waals surface area contributed by atoms with Crippen molar-refractivity contribution in [1.82, 2.24) is 4.90 Å². The van der Waals surface area contributed by atoms with E-state index in [1.807, 2.05) is 0 Å². The van der Waals surface area contributed by atoms with Crippen molar-refractivity contribution in [2.45, 2.75) is 96.8 Å². The molecule has 0 aliphatic rings. The van der Waals surface area contributed by atoms with E-state index in [2.05, 4.69) is 30.7 Å². The molecule has 136 valence electrons. The van der Waals surface area contributed by atoms with Crippen molar-refractivity contribution in [3.05, 3.63) is 0 Å². The molecule has 23 heavy (non-hydrogen) atoms. The molecule has 0 aromatic heterocycles. The summed E-state index contributed by atoms with van der Waals surface area (Å²) < 4.78 is 0. The molecular weight excluding hydrogens is 302 g/mol. The van der Waals surface area contributed by atoms with Crippen LogP contribution in [0, 0.1) is 11.8 Å². The topological polar surface area (TPSA) is 3.24 Å². The lowest BCUT2D eigenvalue weighted by Crippen LogP contribution is -2.19. The molecule has 0 saturated carbocycles. The Morgan fingerprint density at radius 2 is 1.09 bits per heavy atom. The Balaban J connectivity index is 3.10. The average molecular weight is 342 g/mol. The Hall–Kier alpha value is -0.190. The second-order valence-corrected chi connectivity index (χ2v) is 7.09. The molecule has 0 aromatic carbocycles. The molecule has 0 unspecified atom stereocenters. The quantitative estimate of drug-likeness (QED) is 0.173. The highest BCUT2D eigenvalue weighted by molar-refractivity contribution is 6.19. The van der Waals surface area contributed by atoms with Gasteiger partial charge in [-0.1, -0.05) is 102 Å². The van der Waals surface area contributed by atoms with Crippen LogP contribution >= 0.6 is 11.6 Å². The fourth-order valence-corrected chi connectivity index (χ4v) is 2.99. The molecular formula is C21H40ClN. The monoisotopic (exact) mass is 341 g/mol. The molecule has 0 aliphatic heterocycles. The molecule has 0 spiro atoms. The Bertz CT molecular complexity index is 279. The van der Waals surface area contributed by atoms with Crippen LogP contribution in [0.2, 0.25) is 0 Å². The highest BCUT2D eigenvalue weighted by atomic mass is 35.5. The lowest BCUT2D eigenvalue weighted by molar-refractivity contribution is 0.360. The zero-order valence-corrected chi connectivity index (χ0v) is 16.6. The van der Waals surface area contributed by atoms with Gasteiger partial charge in [0.25, 0.3) is 0 Å². The molecule has 0 N–H and O–H groups in total. The maximum Gasteiger partial charge on any atom is 0.0835 e. The fourth-order valence-electron chi connectivity index (χ4n) is 2.89. The van der Waals surface area contributed by atoms with Gasteiger partial charge in [0, 0.05) is 0 Å². The van der Waals surface area contributed by atoms with Crippen LogP contribution in [0.4, 0.5) is 0 Å². The average Bonchev–Trinajstić information content (AvgIpc) is 2.55. The lowest BCUT2D eigenvalue weighted by atomic mass is 10.0. The van der Waals surface area contributed by atoms with Crippen LogP contribution in [0.3, 0.4) is 0 Å². The van der Waals surface area contributed by atoms with Gasteiger partial charge in [-0.3, -0.25) is 4.90 Å². The van der Waals surface area contributed by atoms with Crippen molar-refractivity contribution in [1.29, 1.82) is 0 Å². The van der Waals surface area contributed by atoms with E-state index in [-0.39, 0.29) is 0 Å². The number of unbranched alkanes of at least 4 members (excludes halogenated alkanes) is 13. The van der Waals surface area contributed by atoms with Crippen molar-refractivity contribution in [2.24, 2.45) is 0 Å². The maximum atomic E-state index is 5.53. The molecule has 0 saturated heterocycles. The molecule has 0 aromatic rings. The summed E-state index contributed by atoms with van der Waals surface area (Å²) in [5, 5.41) is 0. The Morgan fingerprint density at radius 3 is 1.52 bits per heavy atom. The van der Waals surface area contributed by atoms with E-state index >= 15 is 0 Å². The van der Waals surface area contributed by atoms with Gasteiger partial charge in [-0.25, -0.2) is 0 Å². The van der Waals surface area contributed by atoms with Gasteiger partial charge in [-0.05, 0) is 20.0 Å². The predicted molar refractivity (Wildman–Crippen MR) is 106 cm³/mol. The first-order valence-corrected chi connectivity index (χ1v) is 10.5. The third-order valence-electron chi connectivity index (χ3n) is 4.43. The minimum Gasteiger partial charge on any atom is -0.295 e. The van der Waals surface area contributed by atoms with Gasteiger partial charge in [-0.15, -0.1) is 11.6 Å². The molecule has 0 atom stereocenters. The van der Waals surface area contributed by atoms with Crippen molar-refractivity contribution in [2.75, 3.05) is 26.0 Å². The smallest absolute Gasteiger partial charge is 0.0835 e. The van der Waals surface area contributed by atoms with Crippen LogP contribution in [-0.2, 0) is 0 Å². The van der Waals surface area contributed by atoms with Crippen LogP contribution in [0.25, 0.3) is 0 Å². The van der Waals surface area contributed by atoms with Crippen LogP contribution < -0.4 is 0 Å². The molecule has 0 amide bonds. The number of hydrogen-bond donors (Lipinski definition) is 0. The molecule has 0 bridgehead atoms. The van der Waals surface area contributed by atoms with E-state index in [1.165, 1.54) is 89.9 Å². The van der Waals surface area contributed by atoms with E-state index in [1.54, 1.807) is 0 Å². The summed E-state index contributed by atoms with van der Waals surface area (Å²) in [6.45, 7) is 4.30. The van der Waals surface area contributed by atoms with Gasteiger partial charge in [0.15, 0.2) is 0 Å². The number of nitrogens with zero attached hydrogens (tertiary/aromatic N) is 1. The SMILES string of the molecule is CCCCCCCCCCCCCCCCN(C)CC#CCCl. The summed E-state index contributed by atoms with van der Waals surface area (Å²) in [6.07, 6.45) is 19.9. The summed E-state index contributed by atoms with van der Waals surface area (Å²) in [6, 6.07) is 0. The van der Waals surface area contributed by atoms with Gasteiger partial charge in [0.2, 0.25) is 0 Å². The van der Waals surface area contributed by atoms with E-state index in [0.717, 1.165) is 13.1 Å². The molecule has 0 heterocycles. The number of halogens is 1. The Morgan fingerprint density at radius 1 is 0.652 bits per heavy atom. The summed E-state index contributed by atoms with van der Waals surface area (Å²) in [5.74, 6) is 6.43. The van der Waals surface area contributed by atoms with Gasteiger partial charge >= 0.3 is 0 Å². The highest BCUT2D eigenvalue weighted by Crippen LogP contribution is 2.12. The lowest BCUT2D eigenvalue weighted by Gasteiger charge is -2.12. The maximum absolute atomic E-state index is 5.53. The second kappa shape index (κ2) is 19.9. The zero-order valence-electron chi connectivity index (χ0n) is 15.8. The van der Waals surface area contributed by atoms with E-state index in [0.29, 0.717) is 5.88 Å². The third-order valence-corrected chi connectivity index (χ3v) is 4.57. The molecule has 0 fully saturated rings. The van der Waals surface area contributed by atoms with E-state index in [9.17, 15) is 0 Å². The first-order valence-electron chi connectivity index (χ1n) is 10.0. The minimum absolute atomic E-state index is 0.451. The van der Waals surface area contributed by atoms with Crippen LogP contribution in [0.1, 0.15) is 96.8 Å². The van der Waals surface area contributed by atoms with Crippen LogP contribution in [-0.4, -0.2) is 30.9 Å². The molecule has 1 nitrogen and oxygen atoms in total. The van der Waals surface area contributed by atoms with Crippen molar-refractivity contribution in [3.8, 4) is 11.8 Å². The Labute approximate surface area is 151 Å². The molecule has 0 radical (unpaired) electrons. The summed E-state index contributed by atoms with van der Waals surface area (Å²) in [5.41, 5.74) is 0. The van der Waals surface area contributed by atoms with Crippen molar-refractivity contribution < 1.29 is 0 Å². The number of hydrogen-bond acceptors (Lipinski definition) is 1. The Kier molecular flexibility index (Phi) is 19.7. The van der Waals surface area contributed by atoms with Gasteiger partial charge in [0.05, 0.1) is 12.4 Å². The molecule has 0 rings (SSSR count). The molecule has 2 heteroatoms. The van der Waals surface area contributed by atoms with Crippen LogP contribution in [0.15, 0.2) is 0 Å². The largest absolute Gasteiger partial charge is 0.295 e. The van der Waals surface area contributed by atoms with Gasteiger partial charge in [0.1, 0.15) is 0 Å². The first-order chi connectivity index (χ1) is 11.3. The standard InChI is InChI=1S/C21H40ClN/c1-3-4-5-6-7-8-9-10-11-12-13-14-15-17-20-23(2)21-18-16-19-22/h3-15,17,19-21H2,1-2H3. The van der Waals surface area contributed by atoms with Crippen molar-refractivity contribution in [3.63, 3.8) is 0 Å². The summed E-state index contributed by atoms with van der Waals surface area (Å²) in [7, 11) is 2.14. The zero-order chi connectivity index (χ0) is 17.0. The van der Waals surface area contributed by atoms with Gasteiger partial charge < -0.3 is 0 Å². The normalized spacial score (nSPS) is 10.8. The number of alkyl halides is 1. The first kappa shape index (κ1) is 22.8. The minimum atomic E-state index is 0.451. The summed E-state index contributed by atoms with van der Waals surface area (Å²) in [4.78, 5) is 2.29. The van der Waals surface area contributed by atoms with E-state index < -0.39 is 0 Å². The third kappa shape index (κ3) is 19.8. The second-order valence-electron chi connectivity index (χ2n) is 6.82. The summed E-state index contributed by atoms with van der Waals surface area (Å²) >= 11 is 5.53. The van der Waals surface area contributed by atoms with Crippen LogP contribution in [0.5, 0.6) is 0 Å². The van der Waals surface area contributed by atoms with E-state index in [4.69, 9.17) is 11.6 Å². The van der Waals surface area contributed by atoms with Crippen molar-refractivity contribution >= 4 is 11.6 Å². The number of rotatable bonds is 16. The molecule has 0 aliphatic carbocycles. The fraction of sp³-hybridized carbons (Fsp3) is 0.905. The van der Waals surface area contributed by atoms with Gasteiger partial charge in [-0.2, -0.15) is 0 Å². The highest BCUT2D eigenvalue weighted by Gasteiger charge is 1.96.